The second kappa shape index (κ2) is 4.04. The molecule has 0 aliphatic carbocycles. The highest BCUT2D eigenvalue weighted by atomic mass is 35.5. The molecule has 1 aromatic carbocycles. The van der Waals surface area contributed by atoms with Gasteiger partial charge in [0, 0.05) is 5.56 Å². The van der Waals surface area contributed by atoms with Crippen LogP contribution in [0.1, 0.15) is 11.1 Å². The van der Waals surface area contributed by atoms with Gasteiger partial charge in [0.1, 0.15) is 5.15 Å². The summed E-state index contributed by atoms with van der Waals surface area (Å²) in [4.78, 5) is 0. The van der Waals surface area contributed by atoms with Crippen molar-refractivity contribution in [2.45, 2.75) is 13.5 Å². The molecule has 2 rings (SSSR count). The maximum atomic E-state index is 8.99. The van der Waals surface area contributed by atoms with Gasteiger partial charge in [-0.2, -0.15) is 5.10 Å². The molecule has 1 heterocycles. The highest BCUT2D eigenvalue weighted by molar-refractivity contribution is 6.30. The first-order valence-corrected chi connectivity index (χ1v) is 5.00. The number of rotatable bonds is 2. The number of nitrogens with zero attached hydrogens (tertiary/aromatic N) is 2. The second-order valence-electron chi connectivity index (χ2n) is 3.37. The molecule has 0 unspecified atom stereocenters. The van der Waals surface area contributed by atoms with Crippen LogP contribution in [0, 0.1) is 6.92 Å². The number of aliphatic hydroxyl groups is 1. The quantitative estimate of drug-likeness (QED) is 0.847. The number of aryl methyl sites for hydroxylation is 1. The van der Waals surface area contributed by atoms with Gasteiger partial charge in [-0.3, -0.25) is 0 Å². The third kappa shape index (κ3) is 1.89. The van der Waals surface area contributed by atoms with Crippen molar-refractivity contribution < 1.29 is 5.11 Å². The molecule has 0 radical (unpaired) electrons. The molecule has 0 aliphatic heterocycles. The monoisotopic (exact) mass is 222 g/mol. The lowest BCUT2D eigenvalue weighted by molar-refractivity contribution is 0.282. The molecule has 78 valence electrons. The van der Waals surface area contributed by atoms with Crippen LogP contribution in [-0.4, -0.2) is 14.9 Å². The maximum absolute atomic E-state index is 8.99. The van der Waals surface area contributed by atoms with Crippen LogP contribution in [0.4, 0.5) is 0 Å². The smallest absolute Gasteiger partial charge is 0.138 e. The zero-order chi connectivity index (χ0) is 10.8. The zero-order valence-corrected chi connectivity index (χ0v) is 9.07. The minimum absolute atomic E-state index is 0.0926. The van der Waals surface area contributed by atoms with Gasteiger partial charge in [-0.25, -0.2) is 4.68 Å². The molecular formula is C11H11ClN2O. The summed E-state index contributed by atoms with van der Waals surface area (Å²) in [7, 11) is 0. The van der Waals surface area contributed by atoms with Crippen LogP contribution in [0.2, 0.25) is 5.15 Å². The summed E-state index contributed by atoms with van der Waals surface area (Å²) in [6, 6.07) is 7.86. The van der Waals surface area contributed by atoms with Crippen molar-refractivity contribution in [2.75, 3.05) is 0 Å². The van der Waals surface area contributed by atoms with Gasteiger partial charge < -0.3 is 5.11 Å². The SMILES string of the molecule is Cc1ccc(-n2ncc(CO)c2Cl)cc1. The molecule has 0 aliphatic rings. The molecule has 0 fully saturated rings. The molecule has 4 heteroatoms. The summed E-state index contributed by atoms with van der Waals surface area (Å²) in [5, 5.41) is 13.6. The Bertz CT molecular complexity index is 462. The molecule has 1 N–H and O–H groups in total. The molecule has 0 atom stereocenters. The van der Waals surface area contributed by atoms with E-state index in [-0.39, 0.29) is 6.61 Å². The van der Waals surface area contributed by atoms with Crippen molar-refractivity contribution in [3.05, 3.63) is 46.7 Å². The fraction of sp³-hybridized carbons (Fsp3) is 0.182. The van der Waals surface area contributed by atoms with E-state index >= 15 is 0 Å². The molecule has 0 amide bonds. The molecule has 0 saturated heterocycles. The lowest BCUT2D eigenvalue weighted by Gasteiger charge is -2.03. The van der Waals surface area contributed by atoms with Crippen molar-refractivity contribution in [1.82, 2.24) is 9.78 Å². The van der Waals surface area contributed by atoms with Crippen LogP contribution in [0.25, 0.3) is 5.69 Å². The Labute approximate surface area is 92.9 Å². The van der Waals surface area contributed by atoms with E-state index in [2.05, 4.69) is 5.10 Å². The van der Waals surface area contributed by atoms with Gasteiger partial charge >= 0.3 is 0 Å². The molecule has 2 aromatic rings. The average Bonchev–Trinajstić information content (AvgIpc) is 2.61. The second-order valence-corrected chi connectivity index (χ2v) is 3.72. The third-order valence-corrected chi connectivity index (χ3v) is 2.63. The Hall–Kier alpha value is -1.32. The van der Waals surface area contributed by atoms with E-state index < -0.39 is 0 Å². The number of hydrogen-bond acceptors (Lipinski definition) is 2. The van der Waals surface area contributed by atoms with Gasteiger partial charge in [0.05, 0.1) is 18.5 Å². The van der Waals surface area contributed by atoms with E-state index in [1.54, 1.807) is 10.9 Å². The summed E-state index contributed by atoms with van der Waals surface area (Å²) in [6.07, 6.45) is 1.57. The van der Waals surface area contributed by atoms with E-state index in [9.17, 15) is 0 Å². The molecule has 3 nitrogen and oxygen atoms in total. The van der Waals surface area contributed by atoms with E-state index in [0.717, 1.165) is 5.69 Å². The van der Waals surface area contributed by atoms with Crippen LogP contribution in [0.5, 0.6) is 0 Å². The number of aliphatic hydroxyl groups excluding tert-OH is 1. The highest BCUT2D eigenvalue weighted by Crippen LogP contribution is 2.20. The van der Waals surface area contributed by atoms with Crippen LogP contribution in [-0.2, 0) is 6.61 Å². The predicted molar refractivity (Wildman–Crippen MR) is 59.2 cm³/mol. The molecule has 0 spiro atoms. The normalized spacial score (nSPS) is 10.6. The largest absolute Gasteiger partial charge is 0.392 e. The topological polar surface area (TPSA) is 38.0 Å². The van der Waals surface area contributed by atoms with E-state index in [1.807, 2.05) is 31.2 Å². The van der Waals surface area contributed by atoms with Crippen LogP contribution in [0.15, 0.2) is 30.5 Å². The van der Waals surface area contributed by atoms with Crippen LogP contribution < -0.4 is 0 Å². The van der Waals surface area contributed by atoms with Gasteiger partial charge in [-0.05, 0) is 19.1 Å². The minimum Gasteiger partial charge on any atom is -0.392 e. The summed E-state index contributed by atoms with van der Waals surface area (Å²) in [5.74, 6) is 0. The highest BCUT2D eigenvalue weighted by Gasteiger charge is 2.08. The van der Waals surface area contributed by atoms with E-state index in [0.29, 0.717) is 10.7 Å². The summed E-state index contributed by atoms with van der Waals surface area (Å²) >= 11 is 6.04. The minimum atomic E-state index is -0.0926. The molecular weight excluding hydrogens is 212 g/mol. The maximum Gasteiger partial charge on any atom is 0.138 e. The van der Waals surface area contributed by atoms with Crippen molar-refractivity contribution in [3.63, 3.8) is 0 Å². The Morgan fingerprint density at radius 1 is 1.33 bits per heavy atom. The lowest BCUT2D eigenvalue weighted by atomic mass is 10.2. The molecule has 0 bridgehead atoms. The van der Waals surface area contributed by atoms with Crippen LogP contribution >= 0.6 is 11.6 Å². The summed E-state index contributed by atoms with van der Waals surface area (Å²) < 4.78 is 1.60. The van der Waals surface area contributed by atoms with Crippen molar-refractivity contribution in [2.24, 2.45) is 0 Å². The van der Waals surface area contributed by atoms with Crippen LogP contribution in [0.3, 0.4) is 0 Å². The standard InChI is InChI=1S/C11H11ClN2O/c1-8-2-4-10(5-3-8)14-11(12)9(7-15)6-13-14/h2-6,15H,7H2,1H3. The Balaban J connectivity index is 2.45. The van der Waals surface area contributed by atoms with Gasteiger partial charge in [0.15, 0.2) is 0 Å². The van der Waals surface area contributed by atoms with Crippen molar-refractivity contribution in [3.8, 4) is 5.69 Å². The first kappa shape index (κ1) is 10.2. The third-order valence-electron chi connectivity index (χ3n) is 2.23. The Kier molecular flexibility index (Phi) is 2.75. The molecule has 1 aromatic heterocycles. The molecule has 15 heavy (non-hydrogen) atoms. The average molecular weight is 223 g/mol. The summed E-state index contributed by atoms with van der Waals surface area (Å²) in [6.45, 7) is 1.93. The first-order valence-electron chi connectivity index (χ1n) is 4.62. The Morgan fingerprint density at radius 3 is 2.53 bits per heavy atom. The van der Waals surface area contributed by atoms with Gasteiger partial charge in [0.25, 0.3) is 0 Å². The van der Waals surface area contributed by atoms with Gasteiger partial charge in [0.2, 0.25) is 0 Å². The lowest BCUT2D eigenvalue weighted by Crippen LogP contribution is -1.96. The van der Waals surface area contributed by atoms with Gasteiger partial charge in [-0.1, -0.05) is 29.3 Å². The Morgan fingerprint density at radius 2 is 2.00 bits per heavy atom. The van der Waals surface area contributed by atoms with Crippen molar-refractivity contribution >= 4 is 11.6 Å². The first-order chi connectivity index (χ1) is 7.22. The van der Waals surface area contributed by atoms with E-state index in [4.69, 9.17) is 16.7 Å². The number of aromatic nitrogens is 2. The number of hydrogen-bond donors (Lipinski definition) is 1. The fourth-order valence-electron chi connectivity index (χ4n) is 1.34. The number of benzene rings is 1. The molecule has 0 saturated carbocycles. The zero-order valence-electron chi connectivity index (χ0n) is 8.31. The predicted octanol–water partition coefficient (Wildman–Crippen LogP) is 2.33. The van der Waals surface area contributed by atoms with E-state index in [1.165, 1.54) is 5.56 Å². The van der Waals surface area contributed by atoms with Crippen molar-refractivity contribution in [1.29, 1.82) is 0 Å². The number of halogens is 1. The summed E-state index contributed by atoms with van der Waals surface area (Å²) in [5.41, 5.74) is 2.71. The fourth-order valence-corrected chi connectivity index (χ4v) is 1.59. The van der Waals surface area contributed by atoms with Gasteiger partial charge in [-0.15, -0.1) is 0 Å².